The number of H-pyrrole nitrogens is 1. The largest absolute Gasteiger partial charge is 0.493 e. The van der Waals surface area contributed by atoms with Gasteiger partial charge in [-0.2, -0.15) is 5.26 Å². The summed E-state index contributed by atoms with van der Waals surface area (Å²) >= 11 is 0. The summed E-state index contributed by atoms with van der Waals surface area (Å²) < 4.78 is 11.2. The minimum Gasteiger partial charge on any atom is -0.493 e. The fraction of sp³-hybridized carbons (Fsp3) is 0.320. The van der Waals surface area contributed by atoms with E-state index >= 15 is 0 Å². The topological polar surface area (TPSA) is 91.2 Å². The predicted octanol–water partition coefficient (Wildman–Crippen LogP) is 4.27. The van der Waals surface area contributed by atoms with Crippen LogP contribution in [0.2, 0.25) is 0 Å². The van der Waals surface area contributed by atoms with Crippen LogP contribution in [0.5, 0.6) is 11.5 Å². The van der Waals surface area contributed by atoms with Gasteiger partial charge in [-0.3, -0.25) is 4.79 Å². The van der Waals surface area contributed by atoms with Crippen LogP contribution in [0.1, 0.15) is 31.2 Å². The molecule has 0 aliphatic carbocycles. The number of hydrogen-bond acceptors (Lipinski definition) is 5. The van der Waals surface area contributed by atoms with E-state index in [4.69, 9.17) is 9.47 Å². The number of para-hydroxylation sites is 2. The molecule has 32 heavy (non-hydrogen) atoms. The summed E-state index contributed by atoms with van der Waals surface area (Å²) in [5.41, 5.74) is 2.85. The molecule has 7 nitrogen and oxygen atoms in total. The Kier molecular flexibility index (Phi) is 6.41. The molecule has 1 aliphatic heterocycles. The molecule has 1 saturated heterocycles. The SMILES string of the molecule is COc1cc(C=C(C#N)c2nc3ccccc3[nH]2)ccc1OCC(=O)N1CCC(C)CC1. The van der Waals surface area contributed by atoms with Crippen LogP contribution in [0.3, 0.4) is 0 Å². The number of aromatic amines is 1. The van der Waals surface area contributed by atoms with Crippen molar-refractivity contribution in [3.63, 3.8) is 0 Å². The Morgan fingerprint density at radius 1 is 1.25 bits per heavy atom. The molecule has 1 aromatic heterocycles. The lowest BCUT2D eigenvalue weighted by molar-refractivity contribution is -0.134. The summed E-state index contributed by atoms with van der Waals surface area (Å²) in [5, 5.41) is 9.66. The molecule has 0 unspecified atom stereocenters. The van der Waals surface area contributed by atoms with Crippen molar-refractivity contribution < 1.29 is 14.3 Å². The minimum absolute atomic E-state index is 0.0143. The lowest BCUT2D eigenvalue weighted by Gasteiger charge is -2.30. The molecule has 1 N–H and O–H groups in total. The summed E-state index contributed by atoms with van der Waals surface area (Å²) in [4.78, 5) is 22.0. The number of ether oxygens (including phenoxy) is 2. The monoisotopic (exact) mass is 430 g/mol. The number of fused-ring (bicyclic) bond motifs is 1. The van der Waals surface area contributed by atoms with E-state index in [2.05, 4.69) is 23.0 Å². The fourth-order valence-electron chi connectivity index (χ4n) is 3.78. The van der Waals surface area contributed by atoms with E-state index in [1.807, 2.05) is 35.2 Å². The number of likely N-dealkylation sites (tertiary alicyclic amines) is 1. The van der Waals surface area contributed by atoms with Crippen molar-refractivity contribution in [3.8, 4) is 17.6 Å². The van der Waals surface area contributed by atoms with Crippen LogP contribution in [0.15, 0.2) is 42.5 Å². The Morgan fingerprint density at radius 2 is 2.03 bits per heavy atom. The first-order valence-corrected chi connectivity index (χ1v) is 10.7. The standard InChI is InChI=1S/C25H26N4O3/c1-17-9-11-29(12-10-17)24(30)16-32-22-8-7-18(14-23(22)31-2)13-19(15-26)25-27-20-5-3-4-6-21(20)28-25/h3-8,13-14,17H,9-12,16H2,1-2H3,(H,27,28). The van der Waals surface area contributed by atoms with Crippen LogP contribution in [0.25, 0.3) is 22.7 Å². The number of amides is 1. The van der Waals surface area contributed by atoms with E-state index in [9.17, 15) is 10.1 Å². The molecule has 0 saturated carbocycles. The Labute approximate surface area is 187 Å². The second-order valence-electron chi connectivity index (χ2n) is 8.03. The van der Waals surface area contributed by atoms with Gasteiger partial charge in [-0.25, -0.2) is 4.98 Å². The zero-order chi connectivity index (χ0) is 22.5. The number of methoxy groups -OCH3 is 1. The van der Waals surface area contributed by atoms with Crippen molar-refractivity contribution in [2.24, 2.45) is 5.92 Å². The molecule has 0 spiro atoms. The molecular formula is C25H26N4O3. The molecule has 7 heteroatoms. The van der Waals surface area contributed by atoms with Gasteiger partial charge in [0.1, 0.15) is 11.9 Å². The van der Waals surface area contributed by atoms with Crippen LogP contribution in [-0.4, -0.2) is 47.6 Å². The predicted molar refractivity (Wildman–Crippen MR) is 123 cm³/mol. The maximum absolute atomic E-state index is 12.5. The van der Waals surface area contributed by atoms with Gasteiger partial charge >= 0.3 is 0 Å². The molecule has 2 heterocycles. The van der Waals surface area contributed by atoms with Gasteiger partial charge in [0.15, 0.2) is 18.1 Å². The molecule has 1 amide bonds. The van der Waals surface area contributed by atoms with Crippen LogP contribution < -0.4 is 9.47 Å². The van der Waals surface area contributed by atoms with Crippen molar-refractivity contribution >= 4 is 28.6 Å². The number of nitrogens with one attached hydrogen (secondary N) is 1. The van der Waals surface area contributed by atoms with Crippen molar-refractivity contribution in [3.05, 3.63) is 53.9 Å². The number of hydrogen-bond donors (Lipinski definition) is 1. The highest BCUT2D eigenvalue weighted by Gasteiger charge is 2.21. The van der Waals surface area contributed by atoms with Gasteiger partial charge in [0, 0.05) is 13.1 Å². The first kappa shape index (κ1) is 21.4. The third-order valence-corrected chi connectivity index (χ3v) is 5.75. The summed E-state index contributed by atoms with van der Waals surface area (Å²) in [7, 11) is 1.55. The Balaban J connectivity index is 1.48. The lowest BCUT2D eigenvalue weighted by atomic mass is 9.99. The van der Waals surface area contributed by atoms with Crippen LogP contribution in [-0.2, 0) is 4.79 Å². The number of allylic oxidation sites excluding steroid dienone is 1. The summed E-state index contributed by atoms with van der Waals surface area (Å²) in [5.74, 6) is 2.15. The first-order chi connectivity index (χ1) is 15.6. The summed E-state index contributed by atoms with van der Waals surface area (Å²) in [6.45, 7) is 3.75. The molecule has 0 radical (unpaired) electrons. The smallest absolute Gasteiger partial charge is 0.260 e. The van der Waals surface area contributed by atoms with Gasteiger partial charge in [0.05, 0.1) is 23.7 Å². The molecule has 4 rings (SSSR count). The maximum Gasteiger partial charge on any atom is 0.260 e. The van der Waals surface area contributed by atoms with Gasteiger partial charge < -0.3 is 19.4 Å². The molecule has 0 bridgehead atoms. The van der Waals surface area contributed by atoms with Crippen molar-refractivity contribution in [1.29, 1.82) is 5.26 Å². The molecule has 0 atom stereocenters. The van der Waals surface area contributed by atoms with E-state index in [-0.39, 0.29) is 12.5 Å². The van der Waals surface area contributed by atoms with E-state index < -0.39 is 0 Å². The number of piperidine rings is 1. The van der Waals surface area contributed by atoms with Gasteiger partial charge in [-0.15, -0.1) is 0 Å². The highest BCUT2D eigenvalue weighted by Crippen LogP contribution is 2.30. The number of aromatic nitrogens is 2. The Morgan fingerprint density at radius 3 is 2.75 bits per heavy atom. The van der Waals surface area contributed by atoms with Crippen molar-refractivity contribution in [1.82, 2.24) is 14.9 Å². The van der Waals surface area contributed by atoms with Crippen LogP contribution >= 0.6 is 0 Å². The van der Waals surface area contributed by atoms with Gasteiger partial charge in [-0.05, 0) is 54.7 Å². The second-order valence-corrected chi connectivity index (χ2v) is 8.03. The molecule has 3 aromatic rings. The maximum atomic E-state index is 12.5. The zero-order valence-corrected chi connectivity index (χ0v) is 18.3. The summed E-state index contributed by atoms with van der Waals surface area (Å²) in [6.07, 6.45) is 3.80. The number of rotatable bonds is 6. The highest BCUT2D eigenvalue weighted by molar-refractivity contribution is 5.90. The quantitative estimate of drug-likeness (QED) is 0.590. The normalized spacial score (nSPS) is 14.9. The first-order valence-electron chi connectivity index (χ1n) is 10.7. The highest BCUT2D eigenvalue weighted by atomic mass is 16.5. The second kappa shape index (κ2) is 9.56. The van der Waals surface area contributed by atoms with E-state index in [1.54, 1.807) is 25.3 Å². The number of nitriles is 1. The number of carbonyl (C=O) groups is 1. The van der Waals surface area contributed by atoms with Crippen LogP contribution in [0, 0.1) is 17.2 Å². The van der Waals surface area contributed by atoms with Crippen molar-refractivity contribution in [2.45, 2.75) is 19.8 Å². The average molecular weight is 431 g/mol. The van der Waals surface area contributed by atoms with E-state index in [0.29, 0.717) is 28.8 Å². The average Bonchev–Trinajstić information content (AvgIpc) is 3.25. The Hall–Kier alpha value is -3.79. The molecule has 2 aromatic carbocycles. The van der Waals surface area contributed by atoms with Crippen LogP contribution in [0.4, 0.5) is 0 Å². The molecule has 164 valence electrons. The minimum atomic E-state index is -0.0254. The van der Waals surface area contributed by atoms with Crippen molar-refractivity contribution in [2.75, 3.05) is 26.8 Å². The molecule has 1 fully saturated rings. The lowest BCUT2D eigenvalue weighted by Crippen LogP contribution is -2.40. The molecule has 1 aliphatic rings. The van der Waals surface area contributed by atoms with Gasteiger partial charge in [-0.1, -0.05) is 25.1 Å². The van der Waals surface area contributed by atoms with E-state index in [0.717, 1.165) is 42.5 Å². The zero-order valence-electron chi connectivity index (χ0n) is 18.3. The van der Waals surface area contributed by atoms with E-state index in [1.165, 1.54) is 0 Å². The number of benzene rings is 2. The third kappa shape index (κ3) is 4.75. The van der Waals surface area contributed by atoms with Gasteiger partial charge in [0.2, 0.25) is 0 Å². The fourth-order valence-corrected chi connectivity index (χ4v) is 3.78. The molecular weight excluding hydrogens is 404 g/mol. The number of nitrogens with zero attached hydrogens (tertiary/aromatic N) is 3. The Bertz CT molecular complexity index is 1150. The number of imidazole rings is 1. The van der Waals surface area contributed by atoms with Gasteiger partial charge in [0.25, 0.3) is 5.91 Å². The number of carbonyl (C=O) groups excluding carboxylic acids is 1. The summed E-state index contributed by atoms with van der Waals surface area (Å²) in [6, 6.07) is 15.2. The third-order valence-electron chi connectivity index (χ3n) is 5.75.